The molecule has 8 heteroatoms. The molecule has 2 rings (SSSR count). The van der Waals surface area contributed by atoms with Gasteiger partial charge in [-0.15, -0.1) is 0 Å². The van der Waals surface area contributed by atoms with Crippen LogP contribution >= 0.6 is 0 Å². The number of aromatic nitrogens is 1. The van der Waals surface area contributed by atoms with Crippen LogP contribution in [-0.4, -0.2) is 36.2 Å². The summed E-state index contributed by atoms with van der Waals surface area (Å²) in [7, 11) is 0. The highest BCUT2D eigenvalue weighted by atomic mass is 19.4. The first-order valence-corrected chi connectivity index (χ1v) is 7.61. The Balaban J connectivity index is 2.19. The van der Waals surface area contributed by atoms with Crippen molar-refractivity contribution >= 4 is 22.8 Å². The number of pyridine rings is 1. The van der Waals surface area contributed by atoms with Gasteiger partial charge in [0.15, 0.2) is 6.61 Å². The van der Waals surface area contributed by atoms with Gasteiger partial charge < -0.3 is 10.1 Å². The molecule has 1 heterocycles. The molecule has 1 aromatic carbocycles. The average molecular weight is 354 g/mol. The molecule has 0 saturated heterocycles. The van der Waals surface area contributed by atoms with Crippen molar-refractivity contribution in [3.8, 4) is 0 Å². The molecule has 0 atom stereocenters. The summed E-state index contributed by atoms with van der Waals surface area (Å²) in [6.45, 7) is 1.36. The van der Waals surface area contributed by atoms with Crippen LogP contribution in [0, 0.1) is 6.92 Å². The van der Waals surface area contributed by atoms with E-state index in [2.05, 4.69) is 4.98 Å². The maximum absolute atomic E-state index is 12.4. The van der Waals surface area contributed by atoms with Crippen LogP contribution in [0.25, 0.3) is 10.9 Å². The van der Waals surface area contributed by atoms with Crippen molar-refractivity contribution < 1.29 is 27.5 Å². The van der Waals surface area contributed by atoms with E-state index in [0.717, 1.165) is 0 Å². The number of carbonyl (C=O) groups excluding carboxylic acids is 2. The zero-order valence-electron chi connectivity index (χ0n) is 13.7. The second-order valence-corrected chi connectivity index (χ2v) is 5.40. The molecule has 0 radical (unpaired) electrons. The van der Waals surface area contributed by atoms with Crippen molar-refractivity contribution in [1.82, 2.24) is 10.3 Å². The summed E-state index contributed by atoms with van der Waals surface area (Å²) >= 11 is 0. The molecule has 134 valence electrons. The van der Waals surface area contributed by atoms with Gasteiger partial charge in [0, 0.05) is 11.1 Å². The molecule has 0 aliphatic heterocycles. The highest BCUT2D eigenvalue weighted by Gasteiger charge is 2.28. The van der Waals surface area contributed by atoms with Crippen LogP contribution in [0.2, 0.25) is 0 Å². The van der Waals surface area contributed by atoms with Crippen LogP contribution in [0.15, 0.2) is 24.3 Å². The largest absolute Gasteiger partial charge is 0.452 e. The summed E-state index contributed by atoms with van der Waals surface area (Å²) in [4.78, 5) is 28.3. The van der Waals surface area contributed by atoms with Gasteiger partial charge in [-0.2, -0.15) is 13.2 Å². The molecule has 0 saturated carbocycles. The van der Waals surface area contributed by atoms with Crippen molar-refractivity contribution in [2.75, 3.05) is 13.2 Å². The van der Waals surface area contributed by atoms with Crippen molar-refractivity contribution in [2.45, 2.75) is 26.4 Å². The minimum Gasteiger partial charge on any atom is -0.452 e. The van der Waals surface area contributed by atoms with Crippen LogP contribution in [0.4, 0.5) is 13.2 Å². The van der Waals surface area contributed by atoms with Crippen molar-refractivity contribution in [2.24, 2.45) is 0 Å². The number of rotatable bonds is 5. The number of esters is 1. The molecule has 1 amide bonds. The minimum absolute atomic E-state index is 0.270. The van der Waals surface area contributed by atoms with Gasteiger partial charge >= 0.3 is 12.1 Å². The average Bonchev–Trinajstić information content (AvgIpc) is 2.56. The number of alkyl halides is 3. The number of nitrogens with zero attached hydrogens (tertiary/aromatic N) is 1. The van der Waals surface area contributed by atoms with Gasteiger partial charge in [-0.25, -0.2) is 4.79 Å². The molecule has 0 aliphatic carbocycles. The summed E-state index contributed by atoms with van der Waals surface area (Å²) in [5.41, 5.74) is 2.22. The predicted molar refractivity (Wildman–Crippen MR) is 85.2 cm³/mol. The summed E-state index contributed by atoms with van der Waals surface area (Å²) in [5.74, 6) is -1.79. The molecule has 0 fully saturated rings. The maximum atomic E-state index is 12.4. The van der Waals surface area contributed by atoms with Crippen LogP contribution in [-0.2, 0) is 16.0 Å². The van der Waals surface area contributed by atoms with Crippen LogP contribution in [0.5, 0.6) is 0 Å². The van der Waals surface area contributed by atoms with Gasteiger partial charge in [0.1, 0.15) is 6.54 Å². The molecule has 1 aromatic heterocycles. The minimum atomic E-state index is -4.52. The zero-order chi connectivity index (χ0) is 18.6. The molecular weight excluding hydrogens is 337 g/mol. The SMILES string of the molecule is CCc1nc2ccccc2c(C(=O)OCC(=O)NCC(F)(F)F)c1C. The highest BCUT2D eigenvalue weighted by molar-refractivity contribution is 6.05. The van der Waals surface area contributed by atoms with Gasteiger partial charge in [-0.3, -0.25) is 9.78 Å². The molecule has 2 aromatic rings. The molecule has 0 spiro atoms. The number of halogens is 3. The lowest BCUT2D eigenvalue weighted by Gasteiger charge is -2.13. The number of carbonyl (C=O) groups is 2. The van der Waals surface area contributed by atoms with Gasteiger partial charge in [0.25, 0.3) is 5.91 Å². The van der Waals surface area contributed by atoms with Crippen LogP contribution in [0.3, 0.4) is 0 Å². The number of para-hydroxylation sites is 1. The Morgan fingerprint density at radius 2 is 1.92 bits per heavy atom. The predicted octanol–water partition coefficient (Wildman–Crippen LogP) is 2.94. The van der Waals surface area contributed by atoms with E-state index in [1.165, 1.54) is 0 Å². The Kier molecular flexibility index (Phi) is 5.61. The maximum Gasteiger partial charge on any atom is 0.405 e. The normalized spacial score (nSPS) is 11.4. The van der Waals surface area contributed by atoms with Crippen LogP contribution < -0.4 is 5.32 Å². The van der Waals surface area contributed by atoms with Crippen molar-refractivity contribution in [3.05, 3.63) is 41.1 Å². The number of aryl methyl sites for hydroxylation is 1. The summed E-state index contributed by atoms with van der Waals surface area (Å²) in [6.07, 6.45) is -3.92. The number of fused-ring (bicyclic) bond motifs is 1. The first kappa shape index (κ1) is 18.7. The third-order valence-corrected chi connectivity index (χ3v) is 3.60. The summed E-state index contributed by atoms with van der Waals surface area (Å²) in [5, 5.41) is 2.22. The standard InChI is InChI=1S/C17H17F3N2O3/c1-3-12-10(2)15(11-6-4-5-7-13(11)22-12)16(24)25-8-14(23)21-9-17(18,19)20/h4-7H,3,8-9H2,1-2H3,(H,21,23). The third-order valence-electron chi connectivity index (χ3n) is 3.60. The lowest BCUT2D eigenvalue weighted by atomic mass is 10.0. The Hall–Kier alpha value is -2.64. The second kappa shape index (κ2) is 7.50. The first-order chi connectivity index (χ1) is 11.7. The van der Waals surface area contributed by atoms with E-state index in [1.54, 1.807) is 36.5 Å². The van der Waals surface area contributed by atoms with E-state index in [4.69, 9.17) is 4.74 Å². The van der Waals surface area contributed by atoms with E-state index in [9.17, 15) is 22.8 Å². The molecule has 1 N–H and O–H groups in total. The zero-order valence-corrected chi connectivity index (χ0v) is 13.7. The summed E-state index contributed by atoms with van der Waals surface area (Å²) in [6, 6.07) is 6.97. The fourth-order valence-corrected chi connectivity index (χ4v) is 2.42. The topological polar surface area (TPSA) is 68.3 Å². The Morgan fingerprint density at radius 1 is 1.24 bits per heavy atom. The van der Waals surface area contributed by atoms with E-state index in [1.807, 2.05) is 6.92 Å². The third kappa shape index (κ3) is 4.68. The monoisotopic (exact) mass is 354 g/mol. The van der Waals surface area contributed by atoms with E-state index in [0.29, 0.717) is 28.6 Å². The molecule has 0 aliphatic rings. The van der Waals surface area contributed by atoms with E-state index in [-0.39, 0.29) is 5.56 Å². The van der Waals surface area contributed by atoms with Gasteiger partial charge in [-0.05, 0) is 25.0 Å². The number of hydrogen-bond acceptors (Lipinski definition) is 4. The number of ether oxygens (including phenoxy) is 1. The van der Waals surface area contributed by atoms with Crippen LogP contribution in [0.1, 0.15) is 28.5 Å². The number of benzene rings is 1. The smallest absolute Gasteiger partial charge is 0.405 e. The van der Waals surface area contributed by atoms with Gasteiger partial charge in [0.2, 0.25) is 0 Å². The van der Waals surface area contributed by atoms with Gasteiger partial charge in [-0.1, -0.05) is 25.1 Å². The van der Waals surface area contributed by atoms with Gasteiger partial charge in [0.05, 0.1) is 11.1 Å². The Labute approximate surface area is 142 Å². The van der Waals surface area contributed by atoms with E-state index >= 15 is 0 Å². The quantitative estimate of drug-likeness (QED) is 0.839. The molecule has 0 bridgehead atoms. The van der Waals surface area contributed by atoms with Crippen molar-refractivity contribution in [1.29, 1.82) is 0 Å². The lowest BCUT2D eigenvalue weighted by molar-refractivity contribution is -0.140. The molecule has 5 nitrogen and oxygen atoms in total. The van der Waals surface area contributed by atoms with E-state index < -0.39 is 31.2 Å². The first-order valence-electron chi connectivity index (χ1n) is 7.61. The number of nitrogens with one attached hydrogen (secondary N) is 1. The summed E-state index contributed by atoms with van der Waals surface area (Å²) < 4.78 is 41.1. The fourth-order valence-electron chi connectivity index (χ4n) is 2.42. The number of hydrogen-bond donors (Lipinski definition) is 1. The van der Waals surface area contributed by atoms with Crippen molar-refractivity contribution in [3.63, 3.8) is 0 Å². The second-order valence-electron chi connectivity index (χ2n) is 5.40. The number of amides is 1. The molecule has 0 unspecified atom stereocenters. The Morgan fingerprint density at radius 3 is 2.56 bits per heavy atom. The molecular formula is C17H17F3N2O3. The Bertz CT molecular complexity index is 804. The molecule has 25 heavy (non-hydrogen) atoms. The fraction of sp³-hybridized carbons (Fsp3) is 0.353. The highest BCUT2D eigenvalue weighted by Crippen LogP contribution is 2.24. The lowest BCUT2D eigenvalue weighted by Crippen LogP contribution is -2.36.